The maximum atomic E-state index is 13.1. The number of hydrogen-bond acceptors (Lipinski definition) is 6. The number of rotatable bonds is 6. The highest BCUT2D eigenvalue weighted by atomic mass is 16.2. The second-order valence-electron chi connectivity index (χ2n) is 6.41. The zero-order valence-electron chi connectivity index (χ0n) is 14.7. The molecule has 0 aromatic heterocycles. The van der Waals surface area contributed by atoms with E-state index in [0.717, 1.165) is 4.90 Å². The van der Waals surface area contributed by atoms with Gasteiger partial charge in [-0.05, 0) is 31.5 Å². The second-order valence-corrected chi connectivity index (χ2v) is 6.41. The molecule has 1 fully saturated rings. The molecule has 2 aliphatic rings. The first kappa shape index (κ1) is 18.6. The normalized spacial score (nSPS) is 19.0. The summed E-state index contributed by atoms with van der Waals surface area (Å²) in [7, 11) is 0. The van der Waals surface area contributed by atoms with E-state index in [4.69, 9.17) is 12.2 Å². The van der Waals surface area contributed by atoms with Crippen LogP contribution >= 0.6 is 0 Å². The van der Waals surface area contributed by atoms with E-state index in [1.165, 1.54) is 0 Å². The second kappa shape index (κ2) is 7.60. The van der Waals surface area contributed by atoms with E-state index in [9.17, 15) is 19.2 Å². The van der Waals surface area contributed by atoms with Gasteiger partial charge in [0.05, 0.1) is 23.4 Å². The number of terminal acetylenes is 1. The molecule has 1 aromatic rings. The van der Waals surface area contributed by atoms with Gasteiger partial charge in [-0.15, -0.1) is 6.42 Å². The number of imide groups is 2. The zero-order chi connectivity index (χ0) is 19.6. The van der Waals surface area contributed by atoms with E-state index < -0.39 is 29.7 Å². The summed E-state index contributed by atoms with van der Waals surface area (Å²) in [5.41, 5.74) is 6.60. The topological polar surface area (TPSA) is 113 Å². The molecular weight excluding hydrogens is 348 g/mol. The van der Waals surface area contributed by atoms with Crippen LogP contribution in [0.25, 0.3) is 0 Å². The van der Waals surface area contributed by atoms with Gasteiger partial charge in [-0.2, -0.15) is 0 Å². The molecule has 4 amide bonds. The maximum Gasteiger partial charge on any atom is 0.264 e. The van der Waals surface area contributed by atoms with Gasteiger partial charge in [0, 0.05) is 13.0 Å². The van der Waals surface area contributed by atoms with E-state index >= 15 is 0 Å². The van der Waals surface area contributed by atoms with Crippen LogP contribution in [0.1, 0.15) is 40.0 Å². The molecule has 0 radical (unpaired) electrons. The van der Waals surface area contributed by atoms with Crippen molar-refractivity contribution in [3.05, 3.63) is 29.3 Å². The summed E-state index contributed by atoms with van der Waals surface area (Å²) < 4.78 is 0. The number of carbonyl (C=O) groups is 4. The summed E-state index contributed by atoms with van der Waals surface area (Å²) in [6.45, 7) is 1.26. The summed E-state index contributed by atoms with van der Waals surface area (Å²) in [6.07, 6.45) is 6.32. The molecular formula is C19H20N4O4. The minimum Gasteiger partial charge on any atom is -0.360 e. The third-order valence-electron chi connectivity index (χ3n) is 4.70. The van der Waals surface area contributed by atoms with Crippen molar-refractivity contribution in [1.82, 2.24) is 10.2 Å². The molecule has 1 saturated heterocycles. The fraction of sp³-hybridized carbons (Fsp3) is 0.368. The van der Waals surface area contributed by atoms with Crippen LogP contribution in [0.15, 0.2) is 18.2 Å². The molecule has 2 aliphatic heterocycles. The number of amides is 4. The Hall–Kier alpha value is -3.18. The standard InChI is InChI=1S/C19H20N4O4/c1-2-10-22(11-4-9-20)13-6-3-5-12-16(13)19(27)23(18(12)26)14-7-8-15(24)21-17(14)25/h1,3,5-6,14H,4,7-11,20H2,(H,21,24,25). The van der Waals surface area contributed by atoms with Crippen LogP contribution in [0, 0.1) is 12.3 Å². The van der Waals surface area contributed by atoms with E-state index in [-0.39, 0.29) is 30.5 Å². The number of nitrogens with two attached hydrogens (primary N) is 1. The SMILES string of the molecule is C#CCN(CCCN)c1cccc2c1C(=O)N(C1CCC(=O)NC1=O)C2=O. The number of hydrogen-bond donors (Lipinski definition) is 2. The Balaban J connectivity index is 1.98. The van der Waals surface area contributed by atoms with Crippen molar-refractivity contribution in [2.45, 2.75) is 25.3 Å². The number of piperidine rings is 1. The van der Waals surface area contributed by atoms with E-state index in [1.807, 2.05) is 4.90 Å². The average molecular weight is 368 g/mol. The molecule has 2 heterocycles. The van der Waals surface area contributed by atoms with Gasteiger partial charge in [0.2, 0.25) is 11.8 Å². The molecule has 0 spiro atoms. The Morgan fingerprint density at radius 2 is 2.04 bits per heavy atom. The van der Waals surface area contributed by atoms with Crippen molar-refractivity contribution in [3.8, 4) is 12.3 Å². The minimum atomic E-state index is -0.993. The summed E-state index contributed by atoms with van der Waals surface area (Å²) >= 11 is 0. The lowest BCUT2D eigenvalue weighted by Gasteiger charge is -2.28. The van der Waals surface area contributed by atoms with Crippen molar-refractivity contribution in [3.63, 3.8) is 0 Å². The Labute approximate surface area is 156 Å². The number of fused-ring (bicyclic) bond motifs is 1. The third-order valence-corrected chi connectivity index (χ3v) is 4.70. The van der Waals surface area contributed by atoms with Gasteiger partial charge in [-0.1, -0.05) is 12.0 Å². The molecule has 8 nitrogen and oxygen atoms in total. The molecule has 1 aromatic carbocycles. The lowest BCUT2D eigenvalue weighted by molar-refractivity contribution is -0.136. The molecule has 140 valence electrons. The summed E-state index contributed by atoms with van der Waals surface area (Å²) in [5.74, 6) is 0.430. The van der Waals surface area contributed by atoms with Crippen molar-refractivity contribution in [2.75, 3.05) is 24.5 Å². The van der Waals surface area contributed by atoms with Gasteiger partial charge < -0.3 is 10.6 Å². The summed E-state index contributed by atoms with van der Waals surface area (Å²) in [6, 6.07) is 3.97. The Bertz CT molecular complexity index is 858. The van der Waals surface area contributed by atoms with Gasteiger partial charge in [0.25, 0.3) is 11.8 Å². The fourth-order valence-corrected chi connectivity index (χ4v) is 3.44. The fourth-order valence-electron chi connectivity index (χ4n) is 3.44. The smallest absolute Gasteiger partial charge is 0.264 e. The van der Waals surface area contributed by atoms with Crippen LogP contribution in [0.2, 0.25) is 0 Å². The zero-order valence-corrected chi connectivity index (χ0v) is 14.7. The monoisotopic (exact) mass is 368 g/mol. The third kappa shape index (κ3) is 3.29. The van der Waals surface area contributed by atoms with Crippen molar-refractivity contribution < 1.29 is 19.2 Å². The first-order chi connectivity index (χ1) is 13.0. The summed E-state index contributed by atoms with van der Waals surface area (Å²) in [5, 5.41) is 2.18. The van der Waals surface area contributed by atoms with Crippen molar-refractivity contribution >= 4 is 29.3 Å². The minimum absolute atomic E-state index is 0.0797. The van der Waals surface area contributed by atoms with Gasteiger partial charge >= 0.3 is 0 Å². The van der Waals surface area contributed by atoms with Gasteiger partial charge in [-0.3, -0.25) is 29.4 Å². The van der Waals surface area contributed by atoms with Crippen molar-refractivity contribution in [2.24, 2.45) is 5.73 Å². The Kier molecular flexibility index (Phi) is 5.23. The van der Waals surface area contributed by atoms with Crippen LogP contribution in [-0.4, -0.2) is 54.2 Å². The van der Waals surface area contributed by atoms with Gasteiger partial charge in [0.1, 0.15) is 6.04 Å². The number of carbonyl (C=O) groups excluding carboxylic acids is 4. The lowest BCUT2D eigenvalue weighted by atomic mass is 10.0. The molecule has 0 bridgehead atoms. The van der Waals surface area contributed by atoms with Crippen LogP contribution in [0.4, 0.5) is 5.69 Å². The number of nitrogens with one attached hydrogen (secondary N) is 1. The predicted octanol–water partition coefficient (Wildman–Crippen LogP) is -0.124. The molecule has 1 unspecified atom stereocenters. The Morgan fingerprint density at radius 1 is 1.26 bits per heavy atom. The van der Waals surface area contributed by atoms with E-state index in [1.54, 1.807) is 18.2 Å². The Morgan fingerprint density at radius 3 is 2.70 bits per heavy atom. The predicted molar refractivity (Wildman–Crippen MR) is 97.8 cm³/mol. The molecule has 0 saturated carbocycles. The van der Waals surface area contributed by atoms with Crippen LogP contribution in [0.5, 0.6) is 0 Å². The molecule has 27 heavy (non-hydrogen) atoms. The molecule has 3 N–H and O–H groups in total. The molecule has 0 aliphatic carbocycles. The maximum absolute atomic E-state index is 13.1. The van der Waals surface area contributed by atoms with E-state index in [0.29, 0.717) is 25.2 Å². The first-order valence-corrected chi connectivity index (χ1v) is 8.72. The first-order valence-electron chi connectivity index (χ1n) is 8.72. The quantitative estimate of drug-likeness (QED) is 0.535. The largest absolute Gasteiger partial charge is 0.360 e. The molecule has 3 rings (SSSR count). The summed E-state index contributed by atoms with van der Waals surface area (Å²) in [4.78, 5) is 52.2. The number of anilines is 1. The van der Waals surface area contributed by atoms with Gasteiger partial charge in [-0.25, -0.2) is 0 Å². The van der Waals surface area contributed by atoms with Crippen LogP contribution < -0.4 is 16.0 Å². The highest BCUT2D eigenvalue weighted by molar-refractivity contribution is 6.25. The van der Waals surface area contributed by atoms with Crippen LogP contribution in [0.3, 0.4) is 0 Å². The number of nitrogens with zero attached hydrogens (tertiary/aromatic N) is 2. The highest BCUT2D eigenvalue weighted by Crippen LogP contribution is 2.34. The molecule has 1 atom stereocenters. The van der Waals surface area contributed by atoms with Gasteiger partial charge in [0.15, 0.2) is 0 Å². The van der Waals surface area contributed by atoms with Crippen LogP contribution in [-0.2, 0) is 9.59 Å². The highest BCUT2D eigenvalue weighted by Gasteiger charge is 2.45. The van der Waals surface area contributed by atoms with E-state index in [2.05, 4.69) is 11.2 Å². The van der Waals surface area contributed by atoms with Crippen molar-refractivity contribution in [1.29, 1.82) is 0 Å². The number of benzene rings is 1. The average Bonchev–Trinajstić information content (AvgIpc) is 2.90. The molecule has 8 heteroatoms. The lowest BCUT2D eigenvalue weighted by Crippen LogP contribution is -2.54.